The van der Waals surface area contributed by atoms with Crippen LogP contribution in [0.2, 0.25) is 0 Å². The zero-order valence-electron chi connectivity index (χ0n) is 11.0. The summed E-state index contributed by atoms with van der Waals surface area (Å²) in [6.45, 7) is 0. The van der Waals surface area contributed by atoms with E-state index >= 15 is 0 Å². The number of aromatic nitrogens is 3. The number of fused-ring (bicyclic) bond motifs is 1. The minimum atomic E-state index is -0.939. The van der Waals surface area contributed by atoms with Gasteiger partial charge in [0, 0.05) is 17.8 Å². The molecule has 0 aromatic carbocycles. The van der Waals surface area contributed by atoms with Crippen LogP contribution in [-0.4, -0.2) is 25.8 Å². The maximum atomic E-state index is 11.5. The molecule has 0 unspecified atom stereocenters. The number of hydrogen-bond donors (Lipinski definition) is 1. The average molecular weight is 269 g/mol. The lowest BCUT2D eigenvalue weighted by Gasteiger charge is -2.08. The molecule has 102 valence electrons. The second-order valence-corrected chi connectivity index (χ2v) is 5.58. The summed E-state index contributed by atoms with van der Waals surface area (Å²) in [4.78, 5) is 16.0. The minimum absolute atomic E-state index is 0.246. The monoisotopic (exact) mass is 269 g/mol. The fourth-order valence-electron chi connectivity index (χ4n) is 2.85. The molecular weight excluding hydrogens is 254 g/mol. The van der Waals surface area contributed by atoms with Gasteiger partial charge < -0.3 is 5.11 Å². The molecule has 1 N–H and O–H groups in total. The van der Waals surface area contributed by atoms with Gasteiger partial charge in [-0.15, -0.1) is 0 Å². The lowest BCUT2D eigenvalue weighted by atomic mass is 10.1. The summed E-state index contributed by atoms with van der Waals surface area (Å²) >= 11 is 0. The number of carboxylic acid groups (broad SMARTS) is 1. The summed E-state index contributed by atoms with van der Waals surface area (Å²) in [6, 6.07) is 3.74. The summed E-state index contributed by atoms with van der Waals surface area (Å²) in [6.07, 6.45) is 7.09. The third kappa shape index (κ3) is 1.81. The Morgan fingerprint density at radius 2 is 2.20 bits per heavy atom. The van der Waals surface area contributed by atoms with Crippen LogP contribution >= 0.6 is 0 Å². The molecule has 2 aromatic heterocycles. The normalized spacial score (nSPS) is 17.2. The number of carboxylic acids is 1. The van der Waals surface area contributed by atoms with Crippen molar-refractivity contribution in [2.45, 2.75) is 38.0 Å². The first-order valence-corrected chi connectivity index (χ1v) is 7.04. The van der Waals surface area contributed by atoms with Crippen LogP contribution in [-0.2, 0) is 12.8 Å². The molecule has 0 bridgehead atoms. The topological polar surface area (TPSA) is 68.0 Å². The molecular formula is C15H15N3O2. The highest BCUT2D eigenvalue weighted by atomic mass is 16.4. The van der Waals surface area contributed by atoms with Crippen LogP contribution < -0.4 is 0 Å². The van der Waals surface area contributed by atoms with Gasteiger partial charge in [0.25, 0.3) is 0 Å². The van der Waals surface area contributed by atoms with E-state index in [2.05, 4.69) is 10.1 Å². The molecule has 0 aliphatic heterocycles. The van der Waals surface area contributed by atoms with Gasteiger partial charge in [0.05, 0.1) is 5.69 Å². The van der Waals surface area contributed by atoms with Crippen molar-refractivity contribution in [2.24, 2.45) is 0 Å². The van der Waals surface area contributed by atoms with Gasteiger partial charge in [-0.1, -0.05) is 0 Å². The largest absolute Gasteiger partial charge is 0.478 e. The summed E-state index contributed by atoms with van der Waals surface area (Å²) in [5.74, 6) is 0.0645. The Hall–Kier alpha value is -2.17. The zero-order chi connectivity index (χ0) is 13.7. The molecule has 5 nitrogen and oxygen atoms in total. The highest BCUT2D eigenvalue weighted by Crippen LogP contribution is 2.39. The first-order valence-electron chi connectivity index (χ1n) is 7.04. The third-order valence-electron chi connectivity index (χ3n) is 4.08. The van der Waals surface area contributed by atoms with Gasteiger partial charge in [0.2, 0.25) is 0 Å². The molecule has 5 heteroatoms. The molecule has 1 saturated carbocycles. The van der Waals surface area contributed by atoms with Gasteiger partial charge in [-0.25, -0.2) is 14.5 Å². The molecule has 2 aliphatic rings. The Kier molecular flexibility index (Phi) is 2.42. The Morgan fingerprint density at radius 3 is 2.95 bits per heavy atom. The number of aryl methyl sites for hydroxylation is 2. The molecule has 2 aromatic rings. The number of hydrogen-bond acceptors (Lipinski definition) is 3. The van der Waals surface area contributed by atoms with Crippen molar-refractivity contribution >= 4 is 5.97 Å². The van der Waals surface area contributed by atoms with Crippen molar-refractivity contribution in [3.63, 3.8) is 0 Å². The van der Waals surface area contributed by atoms with Gasteiger partial charge in [0.15, 0.2) is 5.82 Å². The fourth-order valence-corrected chi connectivity index (χ4v) is 2.85. The maximum absolute atomic E-state index is 11.5. The quantitative estimate of drug-likeness (QED) is 0.928. The Morgan fingerprint density at radius 1 is 1.35 bits per heavy atom. The summed E-state index contributed by atoms with van der Waals surface area (Å²) in [5, 5.41) is 13.9. The molecule has 2 heterocycles. The summed E-state index contributed by atoms with van der Waals surface area (Å²) in [5.41, 5.74) is 3.38. The van der Waals surface area contributed by atoms with Crippen molar-refractivity contribution in [2.75, 3.05) is 0 Å². The van der Waals surface area contributed by atoms with Gasteiger partial charge in [0.1, 0.15) is 5.56 Å². The van der Waals surface area contributed by atoms with Crippen LogP contribution in [0.5, 0.6) is 0 Å². The number of nitrogens with zero attached hydrogens (tertiary/aromatic N) is 3. The van der Waals surface area contributed by atoms with Crippen molar-refractivity contribution in [1.82, 2.24) is 14.8 Å². The summed E-state index contributed by atoms with van der Waals surface area (Å²) in [7, 11) is 0. The predicted octanol–water partition coefficient (Wildman–Crippen LogP) is 2.33. The molecule has 0 spiro atoms. The van der Waals surface area contributed by atoms with E-state index in [1.165, 1.54) is 12.8 Å². The highest BCUT2D eigenvalue weighted by molar-refractivity contribution is 5.91. The maximum Gasteiger partial charge on any atom is 0.339 e. The van der Waals surface area contributed by atoms with Crippen LogP contribution in [0.1, 0.15) is 52.5 Å². The Labute approximate surface area is 116 Å². The SMILES string of the molecule is O=C(O)c1cc2c(nc1-n1ccc(C3CC3)n1)CCC2. The molecule has 2 aliphatic carbocycles. The van der Waals surface area contributed by atoms with Gasteiger partial charge in [-0.05, 0) is 49.8 Å². The predicted molar refractivity (Wildman–Crippen MR) is 72.3 cm³/mol. The van der Waals surface area contributed by atoms with Crippen molar-refractivity contribution < 1.29 is 9.90 Å². The van der Waals surface area contributed by atoms with Crippen LogP contribution in [0.3, 0.4) is 0 Å². The first kappa shape index (κ1) is 11.6. The number of pyridine rings is 1. The first-order chi connectivity index (χ1) is 9.72. The number of carbonyl (C=O) groups is 1. The second-order valence-electron chi connectivity index (χ2n) is 5.58. The van der Waals surface area contributed by atoms with Crippen molar-refractivity contribution in [1.29, 1.82) is 0 Å². The molecule has 1 fully saturated rings. The zero-order valence-corrected chi connectivity index (χ0v) is 11.0. The van der Waals surface area contributed by atoms with E-state index in [1.54, 1.807) is 10.7 Å². The Bertz CT molecular complexity index is 701. The lowest BCUT2D eigenvalue weighted by Crippen LogP contribution is -2.11. The van der Waals surface area contributed by atoms with Gasteiger partial charge in [-0.3, -0.25) is 0 Å². The number of aromatic carboxylic acids is 1. The van der Waals surface area contributed by atoms with E-state index < -0.39 is 5.97 Å². The molecule has 0 amide bonds. The average Bonchev–Trinajstić information content (AvgIpc) is 3.01. The lowest BCUT2D eigenvalue weighted by molar-refractivity contribution is 0.0696. The van der Waals surface area contributed by atoms with Gasteiger partial charge in [-0.2, -0.15) is 5.10 Å². The molecule has 0 saturated heterocycles. The second kappa shape index (κ2) is 4.16. The Balaban J connectivity index is 1.84. The minimum Gasteiger partial charge on any atom is -0.478 e. The van der Waals surface area contributed by atoms with Crippen LogP contribution in [0.15, 0.2) is 18.3 Å². The molecule has 0 radical (unpaired) electrons. The van der Waals surface area contributed by atoms with Crippen LogP contribution in [0.25, 0.3) is 5.82 Å². The standard InChI is InChI=1S/C15H15N3O2/c19-15(20)11-8-10-2-1-3-12(10)16-14(11)18-7-6-13(17-18)9-4-5-9/h6-9H,1-5H2,(H,19,20). The van der Waals surface area contributed by atoms with Gasteiger partial charge >= 0.3 is 5.97 Å². The molecule has 0 atom stereocenters. The molecule has 20 heavy (non-hydrogen) atoms. The van der Waals surface area contributed by atoms with E-state index in [-0.39, 0.29) is 5.56 Å². The van der Waals surface area contributed by atoms with Crippen molar-refractivity contribution in [3.05, 3.63) is 40.8 Å². The smallest absolute Gasteiger partial charge is 0.339 e. The van der Waals surface area contributed by atoms with E-state index in [0.29, 0.717) is 11.7 Å². The van der Waals surface area contributed by atoms with E-state index in [0.717, 1.165) is 36.2 Å². The van der Waals surface area contributed by atoms with E-state index in [1.807, 2.05) is 12.3 Å². The summed E-state index contributed by atoms with van der Waals surface area (Å²) < 4.78 is 1.62. The van der Waals surface area contributed by atoms with Crippen LogP contribution in [0, 0.1) is 0 Å². The highest BCUT2D eigenvalue weighted by Gasteiger charge is 2.27. The van der Waals surface area contributed by atoms with E-state index in [4.69, 9.17) is 0 Å². The van der Waals surface area contributed by atoms with Crippen LogP contribution in [0.4, 0.5) is 0 Å². The van der Waals surface area contributed by atoms with E-state index in [9.17, 15) is 9.90 Å². The molecule has 4 rings (SSSR count). The number of rotatable bonds is 3. The van der Waals surface area contributed by atoms with Crippen molar-refractivity contribution in [3.8, 4) is 5.82 Å². The fraction of sp³-hybridized carbons (Fsp3) is 0.400. The third-order valence-corrected chi connectivity index (χ3v) is 4.08.